The summed E-state index contributed by atoms with van der Waals surface area (Å²) in [6.07, 6.45) is -4.70. The van der Waals surface area contributed by atoms with Gasteiger partial charge < -0.3 is 15.8 Å². The number of rotatable bonds is 3. The van der Waals surface area contributed by atoms with Crippen molar-refractivity contribution in [2.24, 2.45) is 0 Å². The van der Waals surface area contributed by atoms with E-state index in [1.54, 1.807) is 12.1 Å². The molecule has 0 atom stereocenters. The normalized spacial score (nSPS) is 11.1. The molecule has 0 spiro atoms. The molecular weight excluding hydrogens is 261 g/mol. The number of aromatic nitrogens is 2. The molecule has 5 nitrogen and oxygen atoms in total. The van der Waals surface area contributed by atoms with E-state index in [0.717, 1.165) is 0 Å². The summed E-state index contributed by atoms with van der Waals surface area (Å²) in [5, 5.41) is 10.2. The van der Waals surface area contributed by atoms with Gasteiger partial charge in [0.1, 0.15) is 11.6 Å². The molecule has 2 aromatic rings. The van der Waals surface area contributed by atoms with Crippen molar-refractivity contribution < 1.29 is 17.9 Å². The molecule has 0 radical (unpaired) electrons. The second kappa shape index (κ2) is 5.01. The molecule has 1 aromatic carbocycles. The summed E-state index contributed by atoms with van der Waals surface area (Å²) in [7, 11) is 0. The highest BCUT2D eigenvalue weighted by molar-refractivity contribution is 5.57. The Morgan fingerprint density at radius 1 is 1.00 bits per heavy atom. The topological polar surface area (TPSA) is 73.1 Å². The maximum absolute atomic E-state index is 12.0. The number of nitrogens with two attached hydrogens (primary N) is 1. The number of benzene rings is 1. The lowest BCUT2D eigenvalue weighted by atomic mass is 10.3. The fourth-order valence-electron chi connectivity index (χ4n) is 1.30. The molecule has 2 rings (SSSR count). The average Bonchev–Trinajstić information content (AvgIpc) is 2.33. The first-order valence-corrected chi connectivity index (χ1v) is 5.14. The van der Waals surface area contributed by atoms with Crippen LogP contribution in [-0.2, 0) is 0 Å². The Kier molecular flexibility index (Phi) is 3.41. The SMILES string of the molecule is Nc1ccc(Nc2ccc(OC(F)(F)F)cc2)nn1. The number of hydrogen-bond donors (Lipinski definition) is 2. The summed E-state index contributed by atoms with van der Waals surface area (Å²) >= 11 is 0. The van der Waals surface area contributed by atoms with Gasteiger partial charge in [0.05, 0.1) is 0 Å². The van der Waals surface area contributed by atoms with Crippen LogP contribution < -0.4 is 15.8 Å². The van der Waals surface area contributed by atoms with Crippen LogP contribution in [0.3, 0.4) is 0 Å². The van der Waals surface area contributed by atoms with Crippen LogP contribution in [0.2, 0.25) is 0 Å². The molecule has 0 saturated carbocycles. The van der Waals surface area contributed by atoms with Crippen molar-refractivity contribution in [3.05, 3.63) is 36.4 Å². The fraction of sp³-hybridized carbons (Fsp3) is 0.0909. The summed E-state index contributed by atoms with van der Waals surface area (Å²) in [5.74, 6) is 0.416. The molecule has 0 aliphatic carbocycles. The van der Waals surface area contributed by atoms with Gasteiger partial charge in [-0.2, -0.15) is 0 Å². The van der Waals surface area contributed by atoms with Crippen molar-refractivity contribution in [3.8, 4) is 5.75 Å². The van der Waals surface area contributed by atoms with Crippen molar-refractivity contribution in [3.63, 3.8) is 0 Å². The van der Waals surface area contributed by atoms with Gasteiger partial charge in [0.2, 0.25) is 0 Å². The molecule has 19 heavy (non-hydrogen) atoms. The Bertz CT molecular complexity index is 539. The Morgan fingerprint density at radius 3 is 2.21 bits per heavy atom. The van der Waals surface area contributed by atoms with Crippen LogP contribution in [0, 0.1) is 0 Å². The van der Waals surface area contributed by atoms with E-state index in [1.807, 2.05) is 0 Å². The number of hydrogen-bond acceptors (Lipinski definition) is 5. The average molecular weight is 270 g/mol. The van der Waals surface area contributed by atoms with Crippen LogP contribution in [0.4, 0.5) is 30.5 Å². The smallest absolute Gasteiger partial charge is 0.406 e. The molecule has 0 aliphatic rings. The van der Waals surface area contributed by atoms with Crippen LogP contribution in [-0.4, -0.2) is 16.6 Å². The maximum atomic E-state index is 12.0. The van der Waals surface area contributed by atoms with Crippen LogP contribution in [0.25, 0.3) is 0 Å². The van der Waals surface area contributed by atoms with E-state index < -0.39 is 6.36 Å². The number of ether oxygens (including phenoxy) is 1. The maximum Gasteiger partial charge on any atom is 0.573 e. The Morgan fingerprint density at radius 2 is 1.68 bits per heavy atom. The van der Waals surface area contributed by atoms with E-state index in [-0.39, 0.29) is 11.6 Å². The van der Waals surface area contributed by atoms with E-state index in [1.165, 1.54) is 24.3 Å². The summed E-state index contributed by atoms with van der Waals surface area (Å²) in [4.78, 5) is 0. The number of anilines is 3. The summed E-state index contributed by atoms with van der Waals surface area (Å²) in [6, 6.07) is 8.40. The van der Waals surface area contributed by atoms with Crippen LogP contribution >= 0.6 is 0 Å². The van der Waals surface area contributed by atoms with Gasteiger partial charge >= 0.3 is 6.36 Å². The van der Waals surface area contributed by atoms with Gasteiger partial charge in [0, 0.05) is 5.69 Å². The van der Waals surface area contributed by atoms with Gasteiger partial charge in [0.25, 0.3) is 0 Å². The third kappa shape index (κ3) is 4.02. The number of halogens is 3. The van der Waals surface area contributed by atoms with E-state index in [9.17, 15) is 13.2 Å². The third-order valence-corrected chi connectivity index (χ3v) is 2.05. The van der Waals surface area contributed by atoms with Crippen molar-refractivity contribution >= 4 is 17.3 Å². The minimum absolute atomic E-state index is 0.277. The molecule has 0 amide bonds. The molecule has 0 unspecified atom stereocenters. The van der Waals surface area contributed by atoms with Gasteiger partial charge in [-0.05, 0) is 36.4 Å². The van der Waals surface area contributed by atoms with Crippen molar-refractivity contribution in [2.75, 3.05) is 11.1 Å². The van der Waals surface area contributed by atoms with Gasteiger partial charge in [0.15, 0.2) is 5.82 Å². The zero-order valence-corrected chi connectivity index (χ0v) is 9.48. The highest BCUT2D eigenvalue weighted by atomic mass is 19.4. The van der Waals surface area contributed by atoms with E-state index in [2.05, 4.69) is 20.3 Å². The number of alkyl halides is 3. The summed E-state index contributed by atoms with van der Waals surface area (Å²) in [6.45, 7) is 0. The molecule has 0 saturated heterocycles. The Hall–Kier alpha value is -2.51. The molecule has 0 fully saturated rings. The second-order valence-corrected chi connectivity index (χ2v) is 3.54. The summed E-state index contributed by atoms with van der Waals surface area (Å²) < 4.78 is 39.6. The lowest BCUT2D eigenvalue weighted by Gasteiger charge is -2.09. The Balaban J connectivity index is 2.04. The minimum atomic E-state index is -4.70. The van der Waals surface area contributed by atoms with E-state index in [4.69, 9.17) is 5.73 Å². The van der Waals surface area contributed by atoms with Crippen molar-refractivity contribution in [2.45, 2.75) is 6.36 Å². The minimum Gasteiger partial charge on any atom is -0.406 e. The predicted octanol–water partition coefficient (Wildman–Crippen LogP) is 2.70. The van der Waals surface area contributed by atoms with Crippen molar-refractivity contribution in [1.29, 1.82) is 0 Å². The predicted molar refractivity (Wildman–Crippen MR) is 62.9 cm³/mol. The van der Waals surface area contributed by atoms with Crippen LogP contribution in [0.5, 0.6) is 5.75 Å². The largest absolute Gasteiger partial charge is 0.573 e. The highest BCUT2D eigenvalue weighted by Crippen LogP contribution is 2.24. The first-order valence-electron chi connectivity index (χ1n) is 5.14. The van der Waals surface area contributed by atoms with Crippen LogP contribution in [0.15, 0.2) is 36.4 Å². The lowest BCUT2D eigenvalue weighted by molar-refractivity contribution is -0.274. The van der Waals surface area contributed by atoms with Crippen LogP contribution in [0.1, 0.15) is 0 Å². The van der Waals surface area contributed by atoms with Crippen molar-refractivity contribution in [1.82, 2.24) is 10.2 Å². The van der Waals surface area contributed by atoms with E-state index in [0.29, 0.717) is 11.5 Å². The molecule has 0 aliphatic heterocycles. The lowest BCUT2D eigenvalue weighted by Crippen LogP contribution is -2.16. The third-order valence-electron chi connectivity index (χ3n) is 2.05. The molecule has 8 heteroatoms. The van der Waals surface area contributed by atoms with Gasteiger partial charge in [-0.3, -0.25) is 0 Å². The second-order valence-electron chi connectivity index (χ2n) is 3.54. The number of nitrogens with one attached hydrogen (secondary N) is 1. The zero-order valence-electron chi connectivity index (χ0n) is 9.48. The van der Waals surface area contributed by atoms with E-state index >= 15 is 0 Å². The van der Waals surface area contributed by atoms with Gasteiger partial charge in [-0.25, -0.2) is 0 Å². The highest BCUT2D eigenvalue weighted by Gasteiger charge is 2.30. The molecule has 1 aromatic heterocycles. The molecule has 1 heterocycles. The molecule has 100 valence electrons. The summed E-state index contributed by atoms with van der Waals surface area (Å²) in [5.41, 5.74) is 5.92. The monoisotopic (exact) mass is 270 g/mol. The van der Waals surface area contributed by atoms with Gasteiger partial charge in [-0.15, -0.1) is 23.4 Å². The zero-order chi connectivity index (χ0) is 13.9. The molecular formula is C11H9F3N4O. The first kappa shape index (κ1) is 12.9. The molecule has 0 bridgehead atoms. The Labute approximate surface area is 106 Å². The fourth-order valence-corrected chi connectivity index (χ4v) is 1.30. The first-order chi connectivity index (χ1) is 8.92. The molecule has 3 N–H and O–H groups in total. The van der Waals surface area contributed by atoms with Gasteiger partial charge in [-0.1, -0.05) is 0 Å². The quantitative estimate of drug-likeness (QED) is 0.897. The number of nitrogens with zero attached hydrogens (tertiary/aromatic N) is 2. The standard InChI is InChI=1S/C11H9F3N4O/c12-11(13,14)19-8-3-1-7(2-4-8)16-10-6-5-9(15)17-18-10/h1-6H,(H2,15,17)(H,16,18). The number of nitrogen functional groups attached to an aromatic ring is 1.